The molecular weight excluding hydrogens is 230 g/mol. The number of amides is 1. The highest BCUT2D eigenvalue weighted by Crippen LogP contribution is 2.12. The van der Waals surface area contributed by atoms with Crippen LogP contribution in [0.5, 0.6) is 0 Å². The summed E-state index contributed by atoms with van der Waals surface area (Å²) < 4.78 is 0. The molecule has 2 rings (SSSR count). The average Bonchev–Trinajstić information content (AvgIpc) is 2.39. The van der Waals surface area contributed by atoms with Crippen LogP contribution in [0.2, 0.25) is 0 Å². The van der Waals surface area contributed by atoms with Crippen LogP contribution >= 0.6 is 0 Å². The van der Waals surface area contributed by atoms with Crippen molar-refractivity contribution < 1.29 is 4.79 Å². The van der Waals surface area contributed by atoms with Gasteiger partial charge in [-0.2, -0.15) is 0 Å². The van der Waals surface area contributed by atoms with Gasteiger partial charge < -0.3 is 9.88 Å². The molecule has 5 nitrogen and oxygen atoms in total. The Hall–Kier alpha value is -1.62. The molecule has 18 heavy (non-hydrogen) atoms. The molecule has 1 saturated heterocycles. The molecule has 0 saturated carbocycles. The van der Waals surface area contributed by atoms with Crippen LogP contribution in [0.3, 0.4) is 0 Å². The number of pyridine rings is 1. The number of nitrogens with zero attached hydrogens (tertiary/aromatic N) is 2. The highest BCUT2D eigenvalue weighted by molar-refractivity contribution is 5.93. The van der Waals surface area contributed by atoms with Gasteiger partial charge in [0.1, 0.15) is 5.56 Å². The molecule has 5 heteroatoms. The van der Waals surface area contributed by atoms with Crippen molar-refractivity contribution in [1.82, 2.24) is 14.8 Å². The lowest BCUT2D eigenvalue weighted by Gasteiger charge is -2.39. The molecule has 98 valence electrons. The lowest BCUT2D eigenvalue weighted by Crippen LogP contribution is -2.53. The number of H-pyrrole nitrogens is 1. The second-order valence-electron chi connectivity index (χ2n) is 4.72. The molecule has 2 heterocycles. The van der Waals surface area contributed by atoms with Gasteiger partial charge in [0.2, 0.25) is 0 Å². The zero-order valence-corrected chi connectivity index (χ0v) is 10.8. The van der Waals surface area contributed by atoms with Crippen LogP contribution in [0, 0.1) is 0 Å². The number of likely N-dealkylation sites (N-methyl/N-ethyl adjacent to an activating group) is 1. The minimum absolute atomic E-state index is 0.164. The van der Waals surface area contributed by atoms with E-state index in [0.29, 0.717) is 19.1 Å². The van der Waals surface area contributed by atoms with Crippen molar-refractivity contribution in [2.75, 3.05) is 26.7 Å². The van der Waals surface area contributed by atoms with E-state index in [-0.39, 0.29) is 16.9 Å². The first kappa shape index (κ1) is 12.8. The maximum absolute atomic E-state index is 12.3. The van der Waals surface area contributed by atoms with E-state index >= 15 is 0 Å². The van der Waals surface area contributed by atoms with Gasteiger partial charge in [0.15, 0.2) is 5.43 Å². The second-order valence-corrected chi connectivity index (χ2v) is 4.72. The number of carbonyl (C=O) groups excluding carboxylic acids is 1. The van der Waals surface area contributed by atoms with Crippen molar-refractivity contribution in [3.63, 3.8) is 0 Å². The normalized spacial score (nSPS) is 21.0. The fourth-order valence-corrected chi connectivity index (χ4v) is 2.32. The van der Waals surface area contributed by atoms with Gasteiger partial charge in [0.25, 0.3) is 5.91 Å². The number of carbonyl (C=O) groups is 1. The second kappa shape index (κ2) is 5.35. The van der Waals surface area contributed by atoms with E-state index in [2.05, 4.69) is 23.9 Å². The van der Waals surface area contributed by atoms with Gasteiger partial charge in [-0.25, -0.2) is 0 Å². The molecule has 1 aliphatic rings. The van der Waals surface area contributed by atoms with Gasteiger partial charge in [0.05, 0.1) is 0 Å². The third-order valence-electron chi connectivity index (χ3n) is 3.59. The Morgan fingerprint density at radius 3 is 2.94 bits per heavy atom. The van der Waals surface area contributed by atoms with Gasteiger partial charge in [-0.05, 0) is 13.5 Å². The third-order valence-corrected chi connectivity index (χ3v) is 3.59. The van der Waals surface area contributed by atoms with E-state index in [1.807, 2.05) is 0 Å². The fourth-order valence-electron chi connectivity index (χ4n) is 2.32. The summed E-state index contributed by atoms with van der Waals surface area (Å²) in [6.07, 6.45) is 4.04. The Kier molecular flexibility index (Phi) is 3.81. The number of aromatic nitrogens is 1. The van der Waals surface area contributed by atoms with E-state index in [4.69, 9.17) is 0 Å². The summed E-state index contributed by atoms with van der Waals surface area (Å²) >= 11 is 0. The van der Waals surface area contributed by atoms with E-state index in [1.54, 1.807) is 4.90 Å². The van der Waals surface area contributed by atoms with Crippen molar-refractivity contribution in [3.05, 3.63) is 34.2 Å². The van der Waals surface area contributed by atoms with Crippen molar-refractivity contribution in [2.45, 2.75) is 19.4 Å². The Morgan fingerprint density at radius 1 is 1.50 bits per heavy atom. The molecule has 0 aliphatic carbocycles. The zero-order valence-electron chi connectivity index (χ0n) is 10.8. The monoisotopic (exact) mass is 249 g/mol. The number of rotatable bonds is 2. The van der Waals surface area contributed by atoms with Crippen LogP contribution in [-0.2, 0) is 0 Å². The summed E-state index contributed by atoms with van der Waals surface area (Å²) in [5.74, 6) is -0.164. The van der Waals surface area contributed by atoms with E-state index in [9.17, 15) is 9.59 Å². The molecule has 1 aliphatic heterocycles. The highest BCUT2D eigenvalue weighted by atomic mass is 16.2. The van der Waals surface area contributed by atoms with Crippen LogP contribution in [0.25, 0.3) is 0 Å². The minimum atomic E-state index is -0.217. The average molecular weight is 249 g/mol. The zero-order chi connectivity index (χ0) is 13.1. The topological polar surface area (TPSA) is 56.4 Å². The number of hydrogen-bond acceptors (Lipinski definition) is 3. The molecule has 1 amide bonds. The summed E-state index contributed by atoms with van der Waals surface area (Å²) in [4.78, 5) is 30.8. The van der Waals surface area contributed by atoms with Crippen molar-refractivity contribution in [3.8, 4) is 0 Å². The van der Waals surface area contributed by atoms with Gasteiger partial charge in [0, 0.05) is 44.1 Å². The molecule has 0 spiro atoms. The quantitative estimate of drug-likeness (QED) is 0.832. The summed E-state index contributed by atoms with van der Waals surface area (Å²) in [6, 6.07) is 1.77. The van der Waals surface area contributed by atoms with Gasteiger partial charge in [-0.1, -0.05) is 6.92 Å². The summed E-state index contributed by atoms with van der Waals surface area (Å²) in [5.41, 5.74) is 0.0163. The van der Waals surface area contributed by atoms with E-state index in [0.717, 1.165) is 13.0 Å². The fraction of sp³-hybridized carbons (Fsp3) is 0.538. The molecule has 1 fully saturated rings. The molecule has 0 aromatic carbocycles. The van der Waals surface area contributed by atoms with Gasteiger partial charge in [-0.15, -0.1) is 0 Å². The van der Waals surface area contributed by atoms with Crippen molar-refractivity contribution >= 4 is 5.91 Å². The number of aromatic amines is 1. The van der Waals surface area contributed by atoms with Crippen LogP contribution in [0.4, 0.5) is 0 Å². The Labute approximate surface area is 106 Å². The highest BCUT2D eigenvalue weighted by Gasteiger charge is 2.27. The minimum Gasteiger partial charge on any atom is -0.367 e. The first-order valence-corrected chi connectivity index (χ1v) is 6.30. The smallest absolute Gasteiger partial charge is 0.259 e. The Balaban J connectivity index is 2.15. The molecular formula is C13H19N3O2. The first-order valence-electron chi connectivity index (χ1n) is 6.30. The first-order chi connectivity index (χ1) is 8.63. The predicted octanol–water partition coefficient (Wildman–Crippen LogP) is 0.541. The Bertz CT molecular complexity index is 483. The van der Waals surface area contributed by atoms with Crippen molar-refractivity contribution in [1.29, 1.82) is 0 Å². The van der Waals surface area contributed by atoms with Gasteiger partial charge in [-0.3, -0.25) is 14.5 Å². The van der Waals surface area contributed by atoms with Crippen LogP contribution in [0.1, 0.15) is 23.7 Å². The maximum Gasteiger partial charge on any atom is 0.259 e. The predicted molar refractivity (Wildman–Crippen MR) is 69.7 cm³/mol. The third kappa shape index (κ3) is 2.46. The molecule has 1 N–H and O–H groups in total. The molecule has 0 bridgehead atoms. The lowest BCUT2D eigenvalue weighted by atomic mass is 10.1. The molecule has 0 radical (unpaired) electrons. The molecule has 1 unspecified atom stereocenters. The largest absolute Gasteiger partial charge is 0.367 e. The summed E-state index contributed by atoms with van der Waals surface area (Å²) in [6.45, 7) is 4.35. The SMILES string of the molecule is CCC1CN(C(=O)c2c[nH]ccc2=O)CCN1C. The summed E-state index contributed by atoms with van der Waals surface area (Å²) in [5, 5.41) is 0. The maximum atomic E-state index is 12.3. The number of hydrogen-bond donors (Lipinski definition) is 1. The van der Waals surface area contributed by atoms with Crippen molar-refractivity contribution in [2.24, 2.45) is 0 Å². The van der Waals surface area contributed by atoms with E-state index in [1.165, 1.54) is 18.5 Å². The number of piperazine rings is 1. The number of nitrogens with one attached hydrogen (secondary N) is 1. The Morgan fingerprint density at radius 2 is 2.28 bits per heavy atom. The van der Waals surface area contributed by atoms with Crippen LogP contribution in [0.15, 0.2) is 23.3 Å². The summed E-state index contributed by atoms with van der Waals surface area (Å²) in [7, 11) is 2.07. The lowest BCUT2D eigenvalue weighted by molar-refractivity contribution is 0.0540. The van der Waals surface area contributed by atoms with Gasteiger partial charge >= 0.3 is 0 Å². The van der Waals surface area contributed by atoms with Crippen LogP contribution < -0.4 is 5.43 Å². The van der Waals surface area contributed by atoms with E-state index < -0.39 is 0 Å². The molecule has 1 atom stereocenters. The van der Waals surface area contributed by atoms with Crippen LogP contribution in [-0.4, -0.2) is 53.4 Å². The molecule has 1 aromatic heterocycles. The standard InChI is InChI=1S/C13H19N3O2/c1-3-10-9-16(7-6-15(10)2)13(18)11-8-14-5-4-12(11)17/h4-5,8,10H,3,6-7,9H2,1-2H3,(H,14,17). The molecule has 1 aromatic rings.